The molecule has 0 amide bonds. The van der Waals surface area contributed by atoms with Crippen molar-refractivity contribution in [1.29, 1.82) is 0 Å². The second-order valence-corrected chi connectivity index (χ2v) is 24.8. The van der Waals surface area contributed by atoms with E-state index in [1.165, 1.54) is 40.3 Å². The molecule has 0 saturated heterocycles. The number of anilines is 6. The molecule has 10 aromatic rings. The van der Waals surface area contributed by atoms with Gasteiger partial charge in [-0.15, -0.1) is 0 Å². The van der Waals surface area contributed by atoms with Gasteiger partial charge in [0, 0.05) is 58.4 Å². The van der Waals surface area contributed by atoms with Crippen molar-refractivity contribution >= 4 is 88.1 Å². The normalized spacial score (nSPS) is 13.2. The Balaban J connectivity index is 0.000000139. The number of carbonyl (C=O) groups is 1. The smallest absolute Gasteiger partial charge is 0.335 e. The van der Waals surface area contributed by atoms with E-state index in [2.05, 4.69) is 177 Å². The highest BCUT2D eigenvalue weighted by Crippen LogP contribution is 2.41. The summed E-state index contributed by atoms with van der Waals surface area (Å²) in [6, 6.07) is 44.5. The van der Waals surface area contributed by atoms with E-state index in [-0.39, 0.29) is 28.1 Å². The van der Waals surface area contributed by atoms with Crippen molar-refractivity contribution in [2.24, 2.45) is 15.0 Å². The van der Waals surface area contributed by atoms with Crippen LogP contribution in [0.3, 0.4) is 0 Å². The Labute approximate surface area is 560 Å². The third kappa shape index (κ3) is 15.1. The molecule has 14 rings (SSSR count). The molecule has 97 heavy (non-hydrogen) atoms. The van der Waals surface area contributed by atoms with Gasteiger partial charge in [0.05, 0.1) is 45.8 Å². The average Bonchev–Trinajstić information content (AvgIpc) is 1.18. The van der Waals surface area contributed by atoms with Crippen LogP contribution in [0.2, 0.25) is 0 Å². The summed E-state index contributed by atoms with van der Waals surface area (Å²) >= 11 is 0. The van der Waals surface area contributed by atoms with Crippen LogP contribution in [0.1, 0.15) is 80.5 Å². The van der Waals surface area contributed by atoms with E-state index in [1.54, 1.807) is 12.1 Å². The minimum absolute atomic E-state index is 0.266. The number of aryl methyl sites for hydroxylation is 5. The van der Waals surface area contributed by atoms with Crippen molar-refractivity contribution in [1.82, 2.24) is 45.9 Å². The van der Waals surface area contributed by atoms with Crippen molar-refractivity contribution in [3.63, 3.8) is 0 Å². The highest BCUT2D eigenvalue weighted by molar-refractivity contribution is 5.89. The molecule has 0 spiro atoms. The highest BCUT2D eigenvalue weighted by atomic mass is 16.5. The number of fused-ring (bicyclic) bond motifs is 7. The summed E-state index contributed by atoms with van der Waals surface area (Å²) in [5.74, 6) is 1.54. The first-order chi connectivity index (χ1) is 46.9. The number of aromatic amines is 3. The molecule has 6 heterocycles. The second kappa shape index (κ2) is 29.3. The molecule has 21 nitrogen and oxygen atoms in total. The quantitative estimate of drug-likeness (QED) is 0.0380. The number of hydrogen-bond acceptors (Lipinski definition) is 17. The van der Waals surface area contributed by atoms with Crippen molar-refractivity contribution in [2.75, 3.05) is 60.5 Å². The number of ether oxygens (including phenoxy) is 1. The number of carboxylic acids is 1. The molecule has 7 aromatic carbocycles. The van der Waals surface area contributed by atoms with E-state index in [1.807, 2.05) is 74.2 Å². The summed E-state index contributed by atoms with van der Waals surface area (Å²) < 4.78 is 6.35. The Hall–Kier alpha value is -11.0. The molecular weight excluding hydrogens is 1220 g/mol. The van der Waals surface area contributed by atoms with Crippen LogP contribution in [-0.4, -0.2) is 92.9 Å². The van der Waals surface area contributed by atoms with Crippen LogP contribution in [0, 0.1) is 34.6 Å². The van der Waals surface area contributed by atoms with E-state index < -0.39 is 5.97 Å². The molecule has 3 aliphatic heterocycles. The SMILES string of the molecule is C=c1nc2c(c(=O)[nH]1)=Nc1cc(C)c(C)cc1N2CCNCCc1ccccc1C(=O)O.C=c1nc2c(c(=O)[nH]1)=Nc1cc(C)c(C)cc1N2CCNCc1ccc2ccccc2c1.C=c1nc2c(c(=O)[nH]1)=Nc1cc(C)c(OC3CCCC3)cc1N2CCNCc1ccccc1. The highest BCUT2D eigenvalue weighted by Gasteiger charge is 2.28. The second-order valence-electron chi connectivity index (χ2n) is 24.8. The summed E-state index contributed by atoms with van der Waals surface area (Å²) in [5.41, 5.74) is 14.3. The number of aromatic carboxylic acids is 1. The molecule has 0 unspecified atom stereocenters. The number of nitrogens with zero attached hydrogens (tertiary/aromatic N) is 9. The van der Waals surface area contributed by atoms with Gasteiger partial charge in [0.1, 0.15) is 22.2 Å². The van der Waals surface area contributed by atoms with Gasteiger partial charge in [-0.25, -0.2) is 34.7 Å². The van der Waals surface area contributed by atoms with Crippen molar-refractivity contribution in [2.45, 2.75) is 85.9 Å². The van der Waals surface area contributed by atoms with Gasteiger partial charge in [-0.3, -0.25) is 14.4 Å². The van der Waals surface area contributed by atoms with Crippen LogP contribution in [0.25, 0.3) is 30.5 Å². The molecule has 1 saturated carbocycles. The fourth-order valence-corrected chi connectivity index (χ4v) is 12.5. The zero-order valence-electron chi connectivity index (χ0n) is 55.3. The van der Waals surface area contributed by atoms with Gasteiger partial charge in [0.2, 0.25) is 0 Å². The number of nitrogens with one attached hydrogen (secondary N) is 6. The minimum Gasteiger partial charge on any atom is -0.490 e. The van der Waals surface area contributed by atoms with Gasteiger partial charge in [-0.1, -0.05) is 105 Å². The molecule has 3 aromatic heterocycles. The van der Waals surface area contributed by atoms with E-state index in [0.29, 0.717) is 95.9 Å². The third-order valence-electron chi connectivity index (χ3n) is 17.8. The lowest BCUT2D eigenvalue weighted by Gasteiger charge is -2.29. The van der Waals surface area contributed by atoms with Crippen molar-refractivity contribution in [3.05, 3.63) is 247 Å². The summed E-state index contributed by atoms with van der Waals surface area (Å²) in [6.45, 7) is 27.7. The van der Waals surface area contributed by atoms with Crippen LogP contribution in [-0.2, 0) is 19.5 Å². The van der Waals surface area contributed by atoms with Gasteiger partial charge in [-0.2, -0.15) is 0 Å². The molecule has 4 aliphatic rings. The number of rotatable bonds is 19. The van der Waals surface area contributed by atoms with Crippen molar-refractivity contribution in [3.8, 4) is 5.75 Å². The fourth-order valence-electron chi connectivity index (χ4n) is 12.5. The molecule has 494 valence electrons. The topological polar surface area (TPSA) is 267 Å². The molecule has 0 radical (unpaired) electrons. The first-order valence-corrected chi connectivity index (χ1v) is 32.8. The van der Waals surface area contributed by atoms with E-state index in [9.17, 15) is 24.3 Å². The number of carboxylic acid groups (broad SMARTS) is 1. The standard InChI is InChI=1S/C26H29N5O2.C26H25N5O.C24H25N5O3/c1-17-14-21-22(15-23(17)33-20-10-6-7-11-20)31(13-12-27-16-19-8-4-3-5-9-19)25-24(30-21)26(32)29-18(2)28-25;1-16-12-22-23(13-17(16)2)31(25-24(30-22)26(32)29-18(3)28-25)11-10-27-15-19-8-9-20-6-4-5-7-21(20)14-19;1-14-12-19-20(13-15(14)2)29(22-21(28-19)23(30)27-16(3)26-22)11-10-25-9-8-17-6-4-5-7-18(17)24(31)32/h3-5,8-9,14-15,20,27H,2,6-7,10-13,16H2,1H3,(H,29,32);4-9,12-14,27H,3,10-11,15H2,1-2H3,(H,29,32);4-7,12-13,25H,3,8-11H2,1-2H3,(H,27,30)(H,31,32). The molecule has 21 heteroatoms. The Morgan fingerprint density at radius 2 is 0.948 bits per heavy atom. The molecule has 1 fully saturated rings. The van der Waals surface area contributed by atoms with Crippen molar-refractivity contribution < 1.29 is 14.6 Å². The summed E-state index contributed by atoms with van der Waals surface area (Å²) in [7, 11) is 0. The summed E-state index contributed by atoms with van der Waals surface area (Å²) in [6.07, 6.45) is 5.50. The van der Waals surface area contributed by atoms with Crippen LogP contribution in [0.4, 0.5) is 51.6 Å². The van der Waals surface area contributed by atoms with E-state index in [0.717, 1.165) is 100 Å². The maximum atomic E-state index is 12.6. The molecule has 1 aliphatic carbocycles. The van der Waals surface area contributed by atoms with E-state index in [4.69, 9.17) is 4.74 Å². The largest absolute Gasteiger partial charge is 0.490 e. The first kappa shape index (κ1) is 66.0. The molecule has 0 bridgehead atoms. The molecule has 0 atom stereocenters. The Bertz CT molecular complexity index is 5210. The maximum absolute atomic E-state index is 12.6. The van der Waals surface area contributed by atoms with Crippen LogP contribution in [0.15, 0.2) is 163 Å². The number of H-pyrrole nitrogens is 3. The Kier molecular flexibility index (Phi) is 20.0. The van der Waals surface area contributed by atoms with Crippen LogP contribution < -0.4 is 84.6 Å². The first-order valence-electron chi connectivity index (χ1n) is 32.8. The lowest BCUT2D eigenvalue weighted by molar-refractivity contribution is 0.0695. The fraction of sp³-hybridized carbons (Fsp3) is 0.263. The predicted octanol–water partition coefficient (Wildman–Crippen LogP) is 7.88. The Morgan fingerprint density at radius 3 is 1.47 bits per heavy atom. The summed E-state index contributed by atoms with van der Waals surface area (Å²) in [4.78, 5) is 90.5. The number of aromatic nitrogens is 6. The van der Waals surface area contributed by atoms with Crippen LogP contribution >= 0.6 is 0 Å². The van der Waals surface area contributed by atoms with Gasteiger partial charge in [0.15, 0.2) is 33.5 Å². The third-order valence-corrected chi connectivity index (χ3v) is 17.8. The van der Waals surface area contributed by atoms with Crippen LogP contribution in [0.5, 0.6) is 5.75 Å². The van der Waals surface area contributed by atoms with Gasteiger partial charge in [0.25, 0.3) is 16.7 Å². The Morgan fingerprint density at radius 1 is 0.505 bits per heavy atom. The van der Waals surface area contributed by atoms with Gasteiger partial charge in [-0.05, 0) is 171 Å². The number of benzene rings is 7. The lowest BCUT2D eigenvalue weighted by Crippen LogP contribution is -2.44. The van der Waals surface area contributed by atoms with E-state index >= 15 is 0 Å². The monoisotopic (exact) mass is 1300 g/mol. The zero-order chi connectivity index (χ0) is 67.9. The van der Waals surface area contributed by atoms with Gasteiger partial charge < -0.3 is 55.4 Å². The lowest BCUT2D eigenvalue weighted by atomic mass is 10.0. The zero-order valence-corrected chi connectivity index (χ0v) is 55.3. The molecular formula is C76H79N15O6. The minimum atomic E-state index is -0.920. The van der Waals surface area contributed by atoms with Gasteiger partial charge >= 0.3 is 5.97 Å². The maximum Gasteiger partial charge on any atom is 0.335 e. The average molecular weight is 1300 g/mol. The summed E-state index contributed by atoms with van der Waals surface area (Å²) in [5, 5.41) is 23.1. The predicted molar refractivity (Wildman–Crippen MR) is 383 cm³/mol. The molecule has 7 N–H and O–H groups in total. The number of hydrogen-bond donors (Lipinski definition) is 7.